The van der Waals surface area contributed by atoms with Crippen molar-refractivity contribution in [3.05, 3.63) is 30.3 Å². The molecule has 1 heterocycles. The van der Waals surface area contributed by atoms with Crippen molar-refractivity contribution >= 4 is 0 Å². The normalized spacial score (nSPS) is 25.9. The molecule has 1 saturated heterocycles. The van der Waals surface area contributed by atoms with Crippen LogP contribution in [0.15, 0.2) is 30.3 Å². The Morgan fingerprint density at radius 1 is 1.38 bits per heavy atom. The largest absolute Gasteiger partial charge is 0.492 e. The Morgan fingerprint density at radius 2 is 2.12 bits per heavy atom. The fourth-order valence-corrected chi connectivity index (χ4v) is 2.31. The zero-order valence-corrected chi connectivity index (χ0v) is 9.86. The molecule has 1 aromatic rings. The van der Waals surface area contributed by atoms with Gasteiger partial charge in [-0.3, -0.25) is 4.90 Å². The summed E-state index contributed by atoms with van der Waals surface area (Å²) in [6.45, 7) is 2.47. The maximum atomic E-state index is 5.90. The van der Waals surface area contributed by atoms with E-state index >= 15 is 0 Å². The Kier molecular flexibility index (Phi) is 3.46. The van der Waals surface area contributed by atoms with Gasteiger partial charge in [0.25, 0.3) is 0 Å². The number of hydrogen-bond acceptors (Lipinski definition) is 3. The van der Waals surface area contributed by atoms with Gasteiger partial charge in [0.1, 0.15) is 12.4 Å². The lowest BCUT2D eigenvalue weighted by Crippen LogP contribution is -2.52. The average Bonchev–Trinajstić information content (AvgIpc) is 2.70. The molecule has 1 atom stereocenters. The summed E-state index contributed by atoms with van der Waals surface area (Å²) in [7, 11) is 2.13. The van der Waals surface area contributed by atoms with E-state index < -0.39 is 0 Å². The first-order valence-corrected chi connectivity index (χ1v) is 5.86. The van der Waals surface area contributed by atoms with Gasteiger partial charge in [-0.25, -0.2) is 0 Å². The van der Waals surface area contributed by atoms with Crippen LogP contribution in [0.2, 0.25) is 0 Å². The molecule has 0 bridgehead atoms. The highest BCUT2D eigenvalue weighted by Gasteiger charge is 2.38. The van der Waals surface area contributed by atoms with Crippen LogP contribution in [0.4, 0.5) is 0 Å². The van der Waals surface area contributed by atoms with E-state index in [1.54, 1.807) is 0 Å². The van der Waals surface area contributed by atoms with Gasteiger partial charge < -0.3 is 10.5 Å². The first-order valence-electron chi connectivity index (χ1n) is 5.86. The molecule has 2 N–H and O–H groups in total. The minimum absolute atomic E-state index is 0.0375. The van der Waals surface area contributed by atoms with Crippen LogP contribution >= 0.6 is 0 Å². The molecule has 2 rings (SSSR count). The van der Waals surface area contributed by atoms with Crippen LogP contribution in [0, 0.1) is 0 Å². The second-order valence-electron chi connectivity index (χ2n) is 4.56. The number of likely N-dealkylation sites (N-methyl/N-ethyl adjacent to an activating group) is 1. The molecule has 0 saturated carbocycles. The van der Waals surface area contributed by atoms with Gasteiger partial charge in [-0.2, -0.15) is 0 Å². The second-order valence-corrected chi connectivity index (χ2v) is 4.56. The summed E-state index contributed by atoms with van der Waals surface area (Å²) in [5.74, 6) is 0.927. The molecule has 1 fully saturated rings. The SMILES string of the molecule is CN1CCCC1(CN)COc1ccccc1. The highest BCUT2D eigenvalue weighted by molar-refractivity contribution is 5.21. The van der Waals surface area contributed by atoms with E-state index in [0.717, 1.165) is 18.7 Å². The Balaban J connectivity index is 1.98. The topological polar surface area (TPSA) is 38.5 Å². The predicted molar refractivity (Wildman–Crippen MR) is 65.6 cm³/mol. The van der Waals surface area contributed by atoms with Gasteiger partial charge in [0.2, 0.25) is 0 Å². The maximum absolute atomic E-state index is 5.90. The third kappa shape index (κ3) is 2.20. The highest BCUT2D eigenvalue weighted by atomic mass is 16.5. The van der Waals surface area contributed by atoms with Crippen molar-refractivity contribution in [2.45, 2.75) is 18.4 Å². The summed E-state index contributed by atoms with van der Waals surface area (Å²) in [5.41, 5.74) is 5.94. The fraction of sp³-hybridized carbons (Fsp3) is 0.538. The van der Waals surface area contributed by atoms with Crippen molar-refractivity contribution in [3.63, 3.8) is 0 Å². The number of nitrogens with two attached hydrogens (primary N) is 1. The van der Waals surface area contributed by atoms with E-state index in [4.69, 9.17) is 10.5 Å². The molecule has 16 heavy (non-hydrogen) atoms. The first kappa shape index (κ1) is 11.4. The quantitative estimate of drug-likeness (QED) is 0.835. The Labute approximate surface area is 97.2 Å². The molecule has 1 aromatic carbocycles. The van der Waals surface area contributed by atoms with E-state index in [2.05, 4.69) is 11.9 Å². The molecule has 0 radical (unpaired) electrons. The Morgan fingerprint density at radius 3 is 2.69 bits per heavy atom. The van der Waals surface area contributed by atoms with E-state index in [-0.39, 0.29) is 5.54 Å². The molecule has 88 valence electrons. The summed E-state index contributed by atoms with van der Waals surface area (Å²) < 4.78 is 5.83. The molecule has 1 aliphatic heterocycles. The molecule has 0 spiro atoms. The van der Waals surface area contributed by atoms with Crippen molar-refractivity contribution in [3.8, 4) is 5.75 Å². The van der Waals surface area contributed by atoms with Gasteiger partial charge >= 0.3 is 0 Å². The van der Waals surface area contributed by atoms with Crippen LogP contribution in [0.1, 0.15) is 12.8 Å². The number of likely N-dealkylation sites (tertiary alicyclic amines) is 1. The highest BCUT2D eigenvalue weighted by Crippen LogP contribution is 2.27. The van der Waals surface area contributed by atoms with Gasteiger partial charge in [0.15, 0.2) is 0 Å². The second kappa shape index (κ2) is 4.85. The molecule has 3 heteroatoms. The van der Waals surface area contributed by atoms with Crippen LogP contribution < -0.4 is 10.5 Å². The monoisotopic (exact) mass is 220 g/mol. The maximum Gasteiger partial charge on any atom is 0.119 e. The minimum Gasteiger partial charge on any atom is -0.492 e. The van der Waals surface area contributed by atoms with E-state index in [1.165, 1.54) is 6.42 Å². The number of para-hydroxylation sites is 1. The fourth-order valence-electron chi connectivity index (χ4n) is 2.31. The average molecular weight is 220 g/mol. The van der Waals surface area contributed by atoms with Crippen LogP contribution in [0.25, 0.3) is 0 Å². The van der Waals surface area contributed by atoms with Crippen molar-refractivity contribution < 1.29 is 4.74 Å². The van der Waals surface area contributed by atoms with Crippen molar-refractivity contribution in [2.75, 3.05) is 26.7 Å². The number of hydrogen-bond donors (Lipinski definition) is 1. The lowest BCUT2D eigenvalue weighted by molar-refractivity contribution is 0.104. The van der Waals surface area contributed by atoms with Gasteiger partial charge in [-0.1, -0.05) is 18.2 Å². The van der Waals surface area contributed by atoms with E-state index in [1.807, 2.05) is 30.3 Å². The third-order valence-corrected chi connectivity index (χ3v) is 3.58. The molecule has 0 aliphatic carbocycles. The summed E-state index contributed by atoms with van der Waals surface area (Å²) in [6, 6.07) is 9.94. The van der Waals surface area contributed by atoms with Crippen LogP contribution in [-0.2, 0) is 0 Å². The molecular formula is C13H20N2O. The smallest absolute Gasteiger partial charge is 0.119 e. The third-order valence-electron chi connectivity index (χ3n) is 3.58. The summed E-state index contributed by atoms with van der Waals surface area (Å²) >= 11 is 0. The molecular weight excluding hydrogens is 200 g/mol. The van der Waals surface area contributed by atoms with Crippen LogP contribution in [0.3, 0.4) is 0 Å². The minimum atomic E-state index is 0.0375. The van der Waals surface area contributed by atoms with Gasteiger partial charge in [0, 0.05) is 6.54 Å². The number of ether oxygens (including phenoxy) is 1. The van der Waals surface area contributed by atoms with Crippen molar-refractivity contribution in [1.82, 2.24) is 4.90 Å². The first-order chi connectivity index (χ1) is 7.77. The zero-order valence-electron chi connectivity index (χ0n) is 9.86. The van der Waals surface area contributed by atoms with Gasteiger partial charge in [0.05, 0.1) is 5.54 Å². The molecule has 3 nitrogen and oxygen atoms in total. The standard InChI is InChI=1S/C13H20N2O/c1-15-9-5-8-13(15,10-14)11-16-12-6-3-2-4-7-12/h2-4,6-7H,5,8-11,14H2,1H3. The Hall–Kier alpha value is -1.06. The lowest BCUT2D eigenvalue weighted by Gasteiger charge is -2.34. The van der Waals surface area contributed by atoms with E-state index in [0.29, 0.717) is 13.2 Å². The predicted octanol–water partition coefficient (Wildman–Crippen LogP) is 1.49. The van der Waals surface area contributed by atoms with E-state index in [9.17, 15) is 0 Å². The molecule has 1 aliphatic rings. The zero-order chi connectivity index (χ0) is 11.4. The summed E-state index contributed by atoms with van der Waals surface area (Å²) in [6.07, 6.45) is 2.35. The van der Waals surface area contributed by atoms with Crippen LogP contribution in [0.5, 0.6) is 5.75 Å². The van der Waals surface area contributed by atoms with Crippen LogP contribution in [-0.4, -0.2) is 37.2 Å². The van der Waals surface area contributed by atoms with Crippen molar-refractivity contribution in [2.24, 2.45) is 5.73 Å². The summed E-state index contributed by atoms with van der Waals surface area (Å²) in [5, 5.41) is 0. The molecule has 1 unspecified atom stereocenters. The molecule has 0 amide bonds. The Bertz CT molecular complexity index is 328. The van der Waals surface area contributed by atoms with Gasteiger partial charge in [-0.15, -0.1) is 0 Å². The van der Waals surface area contributed by atoms with Gasteiger partial charge in [-0.05, 0) is 38.6 Å². The molecule has 0 aromatic heterocycles. The number of rotatable bonds is 4. The summed E-state index contributed by atoms with van der Waals surface area (Å²) in [4.78, 5) is 2.33. The van der Waals surface area contributed by atoms with Crippen molar-refractivity contribution in [1.29, 1.82) is 0 Å². The number of benzene rings is 1. The number of nitrogens with zero attached hydrogens (tertiary/aromatic N) is 1. The lowest BCUT2D eigenvalue weighted by atomic mass is 9.98.